The highest BCUT2D eigenvalue weighted by Crippen LogP contribution is 2.23. The van der Waals surface area contributed by atoms with Crippen LogP contribution in [-0.2, 0) is 0 Å². The summed E-state index contributed by atoms with van der Waals surface area (Å²) >= 11 is 5.75. The maximum Gasteiger partial charge on any atom is 0.131 e. The van der Waals surface area contributed by atoms with Crippen molar-refractivity contribution in [3.63, 3.8) is 0 Å². The van der Waals surface area contributed by atoms with Gasteiger partial charge in [-0.1, -0.05) is 29.8 Å². The fraction of sp³-hybridized carbons (Fsp3) is 0.143. The number of benzene rings is 1. The van der Waals surface area contributed by atoms with Crippen LogP contribution in [0, 0.1) is 13.8 Å². The zero-order valence-electron chi connectivity index (χ0n) is 10.3. The van der Waals surface area contributed by atoms with Gasteiger partial charge in [0.05, 0.1) is 5.69 Å². The largest absolute Gasteiger partial charge is 0.398 e. The van der Waals surface area contributed by atoms with Gasteiger partial charge < -0.3 is 5.73 Å². The van der Waals surface area contributed by atoms with Crippen LogP contribution in [0.25, 0.3) is 0 Å². The summed E-state index contributed by atoms with van der Waals surface area (Å²) in [4.78, 5) is 8.47. The van der Waals surface area contributed by atoms with Gasteiger partial charge in [0.25, 0.3) is 0 Å². The zero-order valence-corrected chi connectivity index (χ0v) is 11.1. The Balaban J connectivity index is 2.36. The van der Waals surface area contributed by atoms with E-state index >= 15 is 0 Å². The van der Waals surface area contributed by atoms with Crippen molar-refractivity contribution in [2.24, 2.45) is 4.99 Å². The first-order valence-electron chi connectivity index (χ1n) is 5.59. The summed E-state index contributed by atoms with van der Waals surface area (Å²) in [6.45, 7) is 4.06. The van der Waals surface area contributed by atoms with Crippen molar-refractivity contribution >= 4 is 29.2 Å². The van der Waals surface area contributed by atoms with E-state index in [1.807, 2.05) is 32.0 Å². The number of pyridine rings is 1. The number of nitrogen functional groups attached to an aromatic ring is 1. The predicted molar refractivity (Wildman–Crippen MR) is 76.8 cm³/mol. The van der Waals surface area contributed by atoms with E-state index in [0.29, 0.717) is 10.8 Å². The fourth-order valence-electron chi connectivity index (χ4n) is 1.71. The molecule has 0 aliphatic rings. The third-order valence-corrected chi connectivity index (χ3v) is 2.91. The Kier molecular flexibility index (Phi) is 3.63. The van der Waals surface area contributed by atoms with Gasteiger partial charge in [-0.25, -0.2) is 4.98 Å². The molecule has 0 fully saturated rings. The Bertz CT molecular complexity index is 586. The highest BCUT2D eigenvalue weighted by Gasteiger charge is 2.01. The molecule has 1 aromatic heterocycles. The molecule has 2 rings (SSSR count). The number of aryl methyl sites for hydroxylation is 2. The van der Waals surface area contributed by atoms with Crippen LogP contribution in [0.2, 0.25) is 5.15 Å². The van der Waals surface area contributed by atoms with Gasteiger partial charge in [-0.2, -0.15) is 0 Å². The van der Waals surface area contributed by atoms with E-state index in [1.54, 1.807) is 18.5 Å². The molecule has 3 nitrogen and oxygen atoms in total. The molecular weight excluding hydrogens is 246 g/mol. The summed E-state index contributed by atoms with van der Waals surface area (Å²) in [5, 5.41) is 0.386. The van der Waals surface area contributed by atoms with Crippen LogP contribution in [0.4, 0.5) is 11.4 Å². The number of nitrogens with two attached hydrogens (primary N) is 1. The van der Waals surface area contributed by atoms with E-state index in [4.69, 9.17) is 17.3 Å². The smallest absolute Gasteiger partial charge is 0.131 e. The van der Waals surface area contributed by atoms with E-state index < -0.39 is 0 Å². The number of rotatable bonds is 2. The standard InChI is InChI=1S/C14H14ClN3/c1-9-4-3-5-10(2)14(9)18-8-11-7-17-13(15)6-12(11)16/h3-8H,1-2H3,(H2,16,17). The SMILES string of the molecule is Cc1cccc(C)c1N=Cc1cnc(Cl)cc1N. The second kappa shape index (κ2) is 5.19. The molecule has 1 aromatic carbocycles. The number of para-hydroxylation sites is 1. The van der Waals surface area contributed by atoms with Crippen LogP contribution < -0.4 is 5.73 Å². The molecule has 0 amide bonds. The second-order valence-electron chi connectivity index (χ2n) is 4.13. The van der Waals surface area contributed by atoms with Gasteiger partial charge >= 0.3 is 0 Å². The van der Waals surface area contributed by atoms with E-state index in [-0.39, 0.29) is 0 Å². The molecule has 0 saturated carbocycles. The number of aromatic nitrogens is 1. The molecule has 0 aliphatic heterocycles. The predicted octanol–water partition coefficient (Wildman–Crippen LogP) is 3.68. The first-order valence-corrected chi connectivity index (χ1v) is 5.97. The van der Waals surface area contributed by atoms with Crippen LogP contribution in [0.3, 0.4) is 0 Å². The normalized spacial score (nSPS) is 11.1. The van der Waals surface area contributed by atoms with Crippen LogP contribution in [0.5, 0.6) is 0 Å². The van der Waals surface area contributed by atoms with Gasteiger partial charge in [-0.3, -0.25) is 4.99 Å². The van der Waals surface area contributed by atoms with Crippen molar-refractivity contribution in [3.05, 3.63) is 52.3 Å². The molecule has 18 heavy (non-hydrogen) atoms. The van der Waals surface area contributed by atoms with Crippen molar-refractivity contribution in [2.45, 2.75) is 13.8 Å². The number of anilines is 1. The average Bonchev–Trinajstić information content (AvgIpc) is 2.31. The molecule has 4 heteroatoms. The number of halogens is 1. The summed E-state index contributed by atoms with van der Waals surface area (Å²) in [6, 6.07) is 7.70. The van der Waals surface area contributed by atoms with Gasteiger partial charge in [0, 0.05) is 23.7 Å². The first-order chi connectivity index (χ1) is 8.58. The molecule has 0 bridgehead atoms. The van der Waals surface area contributed by atoms with Crippen LogP contribution in [-0.4, -0.2) is 11.2 Å². The lowest BCUT2D eigenvalue weighted by Gasteiger charge is -2.04. The minimum absolute atomic E-state index is 0.386. The Labute approximate surface area is 111 Å². The molecule has 2 N–H and O–H groups in total. The van der Waals surface area contributed by atoms with Gasteiger partial charge in [0.15, 0.2) is 0 Å². The van der Waals surface area contributed by atoms with Crippen LogP contribution in [0.15, 0.2) is 35.5 Å². The van der Waals surface area contributed by atoms with E-state index in [0.717, 1.165) is 22.4 Å². The summed E-state index contributed by atoms with van der Waals surface area (Å²) in [5.74, 6) is 0. The highest BCUT2D eigenvalue weighted by molar-refractivity contribution is 6.29. The van der Waals surface area contributed by atoms with Gasteiger partial charge in [0.2, 0.25) is 0 Å². The lowest BCUT2D eigenvalue weighted by atomic mass is 10.1. The Morgan fingerprint density at radius 2 is 1.94 bits per heavy atom. The molecule has 1 heterocycles. The maximum atomic E-state index is 5.85. The number of hydrogen-bond acceptors (Lipinski definition) is 3. The number of aliphatic imine (C=N–C) groups is 1. The molecule has 0 unspecified atom stereocenters. The topological polar surface area (TPSA) is 51.3 Å². The van der Waals surface area contributed by atoms with Crippen molar-refractivity contribution in [1.82, 2.24) is 4.98 Å². The van der Waals surface area contributed by atoms with Crippen LogP contribution >= 0.6 is 11.6 Å². The zero-order chi connectivity index (χ0) is 13.1. The third kappa shape index (κ3) is 2.68. The number of nitrogens with zero attached hydrogens (tertiary/aromatic N) is 2. The number of hydrogen-bond donors (Lipinski definition) is 1. The molecule has 2 aromatic rings. The summed E-state index contributed by atoms with van der Waals surface area (Å²) in [5.41, 5.74) is 10.4. The van der Waals surface area contributed by atoms with Crippen molar-refractivity contribution < 1.29 is 0 Å². The van der Waals surface area contributed by atoms with Gasteiger partial charge in [-0.05, 0) is 31.0 Å². The summed E-state index contributed by atoms with van der Waals surface area (Å²) < 4.78 is 0. The lowest BCUT2D eigenvalue weighted by Crippen LogP contribution is -1.94. The molecule has 0 radical (unpaired) electrons. The molecule has 0 saturated heterocycles. The van der Waals surface area contributed by atoms with Crippen LogP contribution in [0.1, 0.15) is 16.7 Å². The lowest BCUT2D eigenvalue weighted by molar-refractivity contribution is 1.31. The molecular formula is C14H14ClN3. The van der Waals surface area contributed by atoms with Crippen molar-refractivity contribution in [1.29, 1.82) is 0 Å². The maximum absolute atomic E-state index is 5.85. The summed E-state index contributed by atoms with van der Waals surface area (Å²) in [7, 11) is 0. The van der Waals surface area contributed by atoms with E-state index in [9.17, 15) is 0 Å². The Morgan fingerprint density at radius 3 is 2.56 bits per heavy atom. The van der Waals surface area contributed by atoms with E-state index in [2.05, 4.69) is 9.98 Å². The third-order valence-electron chi connectivity index (χ3n) is 2.71. The molecule has 0 aliphatic carbocycles. The summed E-state index contributed by atoms with van der Waals surface area (Å²) in [6.07, 6.45) is 3.34. The molecule has 92 valence electrons. The quantitative estimate of drug-likeness (QED) is 0.661. The first kappa shape index (κ1) is 12.6. The Hall–Kier alpha value is -1.87. The second-order valence-corrected chi connectivity index (χ2v) is 4.52. The minimum atomic E-state index is 0.386. The average molecular weight is 260 g/mol. The molecule has 0 spiro atoms. The highest BCUT2D eigenvalue weighted by atomic mass is 35.5. The Morgan fingerprint density at radius 1 is 1.28 bits per heavy atom. The van der Waals surface area contributed by atoms with Crippen molar-refractivity contribution in [2.75, 3.05) is 5.73 Å². The molecule has 0 atom stereocenters. The van der Waals surface area contributed by atoms with Gasteiger partial charge in [0.1, 0.15) is 5.15 Å². The van der Waals surface area contributed by atoms with Crippen molar-refractivity contribution in [3.8, 4) is 0 Å². The fourth-order valence-corrected chi connectivity index (χ4v) is 1.87. The monoisotopic (exact) mass is 259 g/mol. The van der Waals surface area contributed by atoms with Gasteiger partial charge in [-0.15, -0.1) is 0 Å². The van der Waals surface area contributed by atoms with E-state index in [1.165, 1.54) is 0 Å². The minimum Gasteiger partial charge on any atom is -0.398 e.